The second-order valence-electron chi connectivity index (χ2n) is 5.74. The van der Waals surface area contributed by atoms with Crippen molar-refractivity contribution in [1.29, 1.82) is 0 Å². The molecule has 2 fully saturated rings. The highest BCUT2D eigenvalue weighted by Crippen LogP contribution is 2.27. The summed E-state index contributed by atoms with van der Waals surface area (Å²) in [6, 6.07) is 5.47. The van der Waals surface area contributed by atoms with Crippen molar-refractivity contribution < 1.29 is 19.5 Å². The van der Waals surface area contributed by atoms with Gasteiger partial charge in [0.15, 0.2) is 0 Å². The second-order valence-corrected chi connectivity index (χ2v) is 5.74. The Morgan fingerprint density at radius 3 is 2.27 bits per heavy atom. The lowest BCUT2D eigenvalue weighted by Crippen LogP contribution is -2.44. The topological polar surface area (TPSA) is 77.9 Å². The molecule has 1 N–H and O–H groups in total. The number of hydrogen-bond acceptors (Lipinski definition) is 4. The van der Waals surface area contributed by atoms with Crippen molar-refractivity contribution in [3.63, 3.8) is 0 Å². The fourth-order valence-corrected chi connectivity index (χ4v) is 3.16. The van der Waals surface area contributed by atoms with E-state index in [0.29, 0.717) is 5.69 Å². The van der Waals surface area contributed by atoms with E-state index in [1.807, 2.05) is 0 Å². The molecule has 2 amide bonds. The van der Waals surface area contributed by atoms with Gasteiger partial charge in [-0.1, -0.05) is 6.42 Å². The Hall–Kier alpha value is -2.21. The van der Waals surface area contributed by atoms with E-state index < -0.39 is 5.97 Å². The summed E-state index contributed by atoms with van der Waals surface area (Å²) in [4.78, 5) is 38.9. The standard InChI is InChI=1S/C16H18N2O4/c19-14-10-13(17-8-2-1-3-9-17)15(20)18(14)12-6-4-11(5-7-12)16(21)22/h4-7,13H,1-3,8-10H2,(H,21,22). The zero-order valence-corrected chi connectivity index (χ0v) is 12.2. The first-order valence-corrected chi connectivity index (χ1v) is 7.52. The number of hydrogen-bond donors (Lipinski definition) is 1. The molecule has 6 heteroatoms. The van der Waals surface area contributed by atoms with Crippen LogP contribution in [-0.2, 0) is 9.59 Å². The van der Waals surface area contributed by atoms with Gasteiger partial charge in [0.05, 0.1) is 23.7 Å². The zero-order chi connectivity index (χ0) is 15.7. The van der Waals surface area contributed by atoms with Crippen LogP contribution in [0.4, 0.5) is 5.69 Å². The molecule has 2 saturated heterocycles. The number of carbonyl (C=O) groups excluding carboxylic acids is 2. The third kappa shape index (κ3) is 2.62. The van der Waals surface area contributed by atoms with Crippen LogP contribution in [0.1, 0.15) is 36.0 Å². The number of carbonyl (C=O) groups is 3. The molecule has 2 heterocycles. The Labute approximate surface area is 128 Å². The summed E-state index contributed by atoms with van der Waals surface area (Å²) in [5.74, 6) is -1.45. The molecule has 3 rings (SSSR count). The van der Waals surface area contributed by atoms with Gasteiger partial charge in [-0.15, -0.1) is 0 Å². The number of nitrogens with zero attached hydrogens (tertiary/aromatic N) is 2. The molecule has 1 atom stereocenters. The van der Waals surface area contributed by atoms with E-state index >= 15 is 0 Å². The highest BCUT2D eigenvalue weighted by Gasteiger charge is 2.42. The van der Waals surface area contributed by atoms with Crippen molar-refractivity contribution in [3.05, 3.63) is 29.8 Å². The van der Waals surface area contributed by atoms with Crippen molar-refractivity contribution in [2.75, 3.05) is 18.0 Å². The largest absolute Gasteiger partial charge is 0.478 e. The Kier molecular flexibility index (Phi) is 3.94. The molecule has 22 heavy (non-hydrogen) atoms. The van der Waals surface area contributed by atoms with Crippen molar-refractivity contribution in [3.8, 4) is 0 Å². The number of rotatable bonds is 3. The second kappa shape index (κ2) is 5.88. The predicted octanol–water partition coefficient (Wildman–Crippen LogP) is 1.50. The van der Waals surface area contributed by atoms with Gasteiger partial charge < -0.3 is 5.11 Å². The third-order valence-corrected chi connectivity index (χ3v) is 4.33. The van der Waals surface area contributed by atoms with Crippen LogP contribution < -0.4 is 4.90 Å². The molecule has 6 nitrogen and oxygen atoms in total. The average molecular weight is 302 g/mol. The van der Waals surface area contributed by atoms with E-state index in [-0.39, 0.29) is 29.8 Å². The first-order chi connectivity index (χ1) is 10.6. The van der Waals surface area contributed by atoms with Crippen LogP contribution in [0, 0.1) is 0 Å². The van der Waals surface area contributed by atoms with Crippen LogP contribution >= 0.6 is 0 Å². The molecule has 0 aromatic heterocycles. The predicted molar refractivity (Wildman–Crippen MR) is 79.7 cm³/mol. The number of carboxylic acid groups (broad SMARTS) is 1. The van der Waals surface area contributed by atoms with E-state index in [1.54, 1.807) is 0 Å². The molecule has 2 aliphatic rings. The molecule has 0 bridgehead atoms. The summed E-state index contributed by atoms with van der Waals surface area (Å²) in [5, 5.41) is 8.90. The van der Waals surface area contributed by atoms with Gasteiger partial charge in [-0.3, -0.25) is 14.5 Å². The number of amides is 2. The van der Waals surface area contributed by atoms with Crippen molar-refractivity contribution in [2.24, 2.45) is 0 Å². The van der Waals surface area contributed by atoms with Gasteiger partial charge in [0.25, 0.3) is 5.91 Å². The normalized spacial score (nSPS) is 23.1. The van der Waals surface area contributed by atoms with Gasteiger partial charge in [-0.25, -0.2) is 9.69 Å². The zero-order valence-electron chi connectivity index (χ0n) is 12.2. The molecule has 0 saturated carbocycles. The van der Waals surface area contributed by atoms with E-state index in [1.165, 1.54) is 35.6 Å². The number of imide groups is 1. The van der Waals surface area contributed by atoms with Gasteiger partial charge in [0.1, 0.15) is 0 Å². The fourth-order valence-electron chi connectivity index (χ4n) is 3.16. The number of carboxylic acids is 1. The molecule has 2 aliphatic heterocycles. The quantitative estimate of drug-likeness (QED) is 0.856. The third-order valence-electron chi connectivity index (χ3n) is 4.33. The Balaban J connectivity index is 1.80. The maximum Gasteiger partial charge on any atom is 0.335 e. The summed E-state index contributed by atoms with van der Waals surface area (Å²) >= 11 is 0. The molecule has 0 aliphatic carbocycles. The number of benzene rings is 1. The molecule has 0 radical (unpaired) electrons. The van der Waals surface area contributed by atoms with Crippen LogP contribution in [0.15, 0.2) is 24.3 Å². The lowest BCUT2D eigenvalue weighted by molar-refractivity contribution is -0.123. The molecular formula is C16H18N2O4. The summed E-state index contributed by atoms with van der Waals surface area (Å²) in [6.45, 7) is 1.71. The lowest BCUT2D eigenvalue weighted by atomic mass is 10.1. The summed E-state index contributed by atoms with van der Waals surface area (Å²) in [6.07, 6.45) is 3.50. The number of aromatic carboxylic acids is 1. The van der Waals surface area contributed by atoms with E-state index in [2.05, 4.69) is 4.90 Å². The van der Waals surface area contributed by atoms with Crippen LogP contribution in [-0.4, -0.2) is 46.9 Å². The molecular weight excluding hydrogens is 284 g/mol. The lowest BCUT2D eigenvalue weighted by Gasteiger charge is -2.30. The maximum absolute atomic E-state index is 12.6. The van der Waals surface area contributed by atoms with Gasteiger partial charge >= 0.3 is 5.97 Å². The fraction of sp³-hybridized carbons (Fsp3) is 0.438. The van der Waals surface area contributed by atoms with E-state index in [4.69, 9.17) is 5.11 Å². The van der Waals surface area contributed by atoms with Crippen LogP contribution in [0.5, 0.6) is 0 Å². The molecule has 116 valence electrons. The SMILES string of the molecule is O=C(O)c1ccc(N2C(=O)CC(N3CCCCC3)C2=O)cc1. The van der Waals surface area contributed by atoms with Gasteiger partial charge in [-0.2, -0.15) is 0 Å². The Morgan fingerprint density at radius 2 is 1.68 bits per heavy atom. The molecule has 1 aromatic carbocycles. The van der Waals surface area contributed by atoms with Crippen LogP contribution in [0.25, 0.3) is 0 Å². The Bertz CT molecular complexity index is 605. The minimum atomic E-state index is -1.03. The van der Waals surface area contributed by atoms with Gasteiger partial charge in [-0.05, 0) is 50.2 Å². The monoisotopic (exact) mass is 302 g/mol. The van der Waals surface area contributed by atoms with Crippen LogP contribution in [0.3, 0.4) is 0 Å². The summed E-state index contributed by atoms with van der Waals surface area (Å²) in [7, 11) is 0. The number of likely N-dealkylation sites (tertiary alicyclic amines) is 1. The molecule has 1 unspecified atom stereocenters. The van der Waals surface area contributed by atoms with Crippen molar-refractivity contribution in [2.45, 2.75) is 31.7 Å². The molecule has 0 spiro atoms. The maximum atomic E-state index is 12.6. The summed E-state index contributed by atoms with van der Waals surface area (Å²) in [5.41, 5.74) is 0.579. The smallest absolute Gasteiger partial charge is 0.335 e. The van der Waals surface area contributed by atoms with Crippen molar-refractivity contribution >= 4 is 23.5 Å². The van der Waals surface area contributed by atoms with Gasteiger partial charge in [0.2, 0.25) is 5.91 Å². The minimum absolute atomic E-state index is 0.135. The van der Waals surface area contributed by atoms with Crippen molar-refractivity contribution in [1.82, 2.24) is 4.90 Å². The number of anilines is 1. The first kappa shape index (κ1) is 14.7. The highest BCUT2D eigenvalue weighted by atomic mass is 16.4. The summed E-state index contributed by atoms with van der Waals surface area (Å²) < 4.78 is 0. The minimum Gasteiger partial charge on any atom is -0.478 e. The average Bonchev–Trinajstić information content (AvgIpc) is 2.83. The van der Waals surface area contributed by atoms with Crippen LogP contribution in [0.2, 0.25) is 0 Å². The van der Waals surface area contributed by atoms with Gasteiger partial charge in [0, 0.05) is 0 Å². The van der Waals surface area contributed by atoms with E-state index in [0.717, 1.165) is 25.9 Å². The molecule has 1 aromatic rings. The highest BCUT2D eigenvalue weighted by molar-refractivity contribution is 6.22. The number of piperidine rings is 1. The van der Waals surface area contributed by atoms with E-state index in [9.17, 15) is 14.4 Å². The first-order valence-electron chi connectivity index (χ1n) is 7.52. The Morgan fingerprint density at radius 1 is 1.05 bits per heavy atom.